The van der Waals surface area contributed by atoms with Gasteiger partial charge in [0.2, 0.25) is 10.0 Å². The van der Waals surface area contributed by atoms with E-state index < -0.39 is 10.0 Å². The standard InChI is InChI=1S/C18H22N2O2S/c1-19-23(21,22)18-8-4-5-14(11-18)13-20-17-10-9-15-6-2-3-7-16(15)12-17/h2-8,11,17,19-20H,9-10,12-13H2,1H3/t17-/m1/s1. The van der Waals surface area contributed by atoms with Crippen molar-refractivity contribution in [1.82, 2.24) is 10.0 Å². The monoisotopic (exact) mass is 330 g/mol. The highest BCUT2D eigenvalue weighted by Gasteiger charge is 2.18. The lowest BCUT2D eigenvalue weighted by Crippen LogP contribution is -2.34. The summed E-state index contributed by atoms with van der Waals surface area (Å²) in [5.41, 5.74) is 3.86. The van der Waals surface area contributed by atoms with Crippen LogP contribution in [0.3, 0.4) is 0 Å². The third-order valence-corrected chi connectivity index (χ3v) is 5.83. The van der Waals surface area contributed by atoms with E-state index in [1.165, 1.54) is 18.2 Å². The fraction of sp³-hybridized carbons (Fsp3) is 0.333. The second kappa shape index (κ2) is 6.83. The Labute approximate surface area is 138 Å². The highest BCUT2D eigenvalue weighted by Crippen LogP contribution is 2.21. The lowest BCUT2D eigenvalue weighted by molar-refractivity contribution is 0.457. The van der Waals surface area contributed by atoms with Crippen LogP contribution >= 0.6 is 0 Å². The van der Waals surface area contributed by atoms with Gasteiger partial charge in [-0.3, -0.25) is 0 Å². The molecule has 0 fully saturated rings. The molecule has 1 aliphatic carbocycles. The maximum Gasteiger partial charge on any atom is 0.240 e. The molecular weight excluding hydrogens is 308 g/mol. The molecule has 0 saturated carbocycles. The molecule has 4 nitrogen and oxygen atoms in total. The van der Waals surface area contributed by atoms with Crippen molar-refractivity contribution in [2.45, 2.75) is 36.7 Å². The SMILES string of the molecule is CNS(=O)(=O)c1cccc(CN[C@@H]2CCc3ccccc3C2)c1. The number of fused-ring (bicyclic) bond motifs is 1. The van der Waals surface area contributed by atoms with E-state index in [-0.39, 0.29) is 0 Å². The first-order valence-electron chi connectivity index (χ1n) is 7.91. The summed E-state index contributed by atoms with van der Waals surface area (Å²) in [4.78, 5) is 0.313. The maximum atomic E-state index is 11.9. The predicted molar refractivity (Wildman–Crippen MR) is 91.8 cm³/mol. The molecular formula is C18H22N2O2S. The minimum Gasteiger partial charge on any atom is -0.310 e. The quantitative estimate of drug-likeness (QED) is 0.884. The van der Waals surface area contributed by atoms with Crippen molar-refractivity contribution in [2.75, 3.05) is 7.05 Å². The van der Waals surface area contributed by atoms with Crippen LogP contribution < -0.4 is 10.0 Å². The second-order valence-corrected chi connectivity index (χ2v) is 7.83. The van der Waals surface area contributed by atoms with Crippen LogP contribution in [0.4, 0.5) is 0 Å². The lowest BCUT2D eigenvalue weighted by atomic mass is 9.88. The molecule has 5 heteroatoms. The van der Waals surface area contributed by atoms with Gasteiger partial charge in [-0.25, -0.2) is 13.1 Å². The van der Waals surface area contributed by atoms with Gasteiger partial charge in [-0.2, -0.15) is 0 Å². The Bertz CT molecular complexity index is 787. The molecule has 1 atom stereocenters. The van der Waals surface area contributed by atoms with Crippen molar-refractivity contribution >= 4 is 10.0 Å². The van der Waals surface area contributed by atoms with Gasteiger partial charge in [-0.15, -0.1) is 0 Å². The summed E-state index contributed by atoms with van der Waals surface area (Å²) in [6.45, 7) is 0.680. The Kier molecular flexibility index (Phi) is 4.80. The van der Waals surface area contributed by atoms with Crippen molar-refractivity contribution in [1.29, 1.82) is 0 Å². The summed E-state index contributed by atoms with van der Waals surface area (Å²) in [6.07, 6.45) is 3.25. The molecule has 0 aromatic heterocycles. The highest BCUT2D eigenvalue weighted by molar-refractivity contribution is 7.89. The molecule has 23 heavy (non-hydrogen) atoms. The number of aryl methyl sites for hydroxylation is 1. The van der Waals surface area contributed by atoms with Crippen LogP contribution in [0.2, 0.25) is 0 Å². The molecule has 122 valence electrons. The first-order chi connectivity index (χ1) is 11.1. The lowest BCUT2D eigenvalue weighted by Gasteiger charge is -2.25. The molecule has 0 unspecified atom stereocenters. The second-order valence-electron chi connectivity index (χ2n) is 5.94. The van der Waals surface area contributed by atoms with E-state index >= 15 is 0 Å². The predicted octanol–water partition coefficient (Wildman–Crippen LogP) is 2.24. The smallest absolute Gasteiger partial charge is 0.240 e. The summed E-state index contributed by atoms with van der Waals surface area (Å²) in [5.74, 6) is 0. The van der Waals surface area contributed by atoms with Crippen LogP contribution in [0.5, 0.6) is 0 Å². The Hall–Kier alpha value is -1.69. The molecule has 1 aliphatic rings. The number of hydrogen-bond acceptors (Lipinski definition) is 3. The van der Waals surface area contributed by atoms with E-state index in [1.54, 1.807) is 18.2 Å². The first-order valence-corrected chi connectivity index (χ1v) is 9.39. The molecule has 0 saturated heterocycles. The summed E-state index contributed by atoms with van der Waals surface area (Å²) >= 11 is 0. The van der Waals surface area contributed by atoms with Gasteiger partial charge >= 0.3 is 0 Å². The van der Waals surface area contributed by atoms with Crippen LogP contribution in [-0.4, -0.2) is 21.5 Å². The average Bonchev–Trinajstić information content (AvgIpc) is 2.60. The zero-order valence-electron chi connectivity index (χ0n) is 13.2. The number of benzene rings is 2. The Balaban J connectivity index is 1.65. The van der Waals surface area contributed by atoms with E-state index in [1.807, 2.05) is 6.07 Å². The molecule has 0 amide bonds. The van der Waals surface area contributed by atoms with Gasteiger partial charge in [0.05, 0.1) is 4.90 Å². The minimum atomic E-state index is -3.38. The van der Waals surface area contributed by atoms with E-state index in [2.05, 4.69) is 34.3 Å². The Morgan fingerprint density at radius 1 is 1.09 bits per heavy atom. The van der Waals surface area contributed by atoms with Crippen LogP contribution in [0, 0.1) is 0 Å². The fourth-order valence-corrected chi connectivity index (χ4v) is 3.87. The molecule has 0 bridgehead atoms. The molecule has 0 spiro atoms. The van der Waals surface area contributed by atoms with Gasteiger partial charge in [0.15, 0.2) is 0 Å². The molecule has 2 N–H and O–H groups in total. The number of sulfonamides is 1. The van der Waals surface area contributed by atoms with Crippen molar-refractivity contribution < 1.29 is 8.42 Å². The third kappa shape index (κ3) is 3.80. The largest absolute Gasteiger partial charge is 0.310 e. The number of rotatable bonds is 5. The highest BCUT2D eigenvalue weighted by atomic mass is 32.2. The summed E-state index contributed by atoms with van der Waals surface area (Å²) in [5, 5.41) is 3.56. The van der Waals surface area contributed by atoms with Crippen molar-refractivity contribution in [3.63, 3.8) is 0 Å². The first kappa shape index (κ1) is 16.2. The minimum absolute atomic E-state index is 0.313. The third-order valence-electron chi connectivity index (χ3n) is 4.42. The Morgan fingerprint density at radius 3 is 2.65 bits per heavy atom. The van der Waals surface area contributed by atoms with E-state index in [4.69, 9.17) is 0 Å². The normalized spacial score (nSPS) is 17.7. The summed E-state index contributed by atoms with van der Waals surface area (Å²) < 4.78 is 26.1. The van der Waals surface area contributed by atoms with Gasteiger partial charge in [0.1, 0.15) is 0 Å². The Morgan fingerprint density at radius 2 is 1.87 bits per heavy atom. The van der Waals surface area contributed by atoms with Crippen molar-refractivity contribution in [2.24, 2.45) is 0 Å². The van der Waals surface area contributed by atoms with Gasteiger partial charge in [-0.1, -0.05) is 36.4 Å². The van der Waals surface area contributed by atoms with Crippen molar-refractivity contribution in [3.8, 4) is 0 Å². The van der Waals surface area contributed by atoms with Gasteiger partial charge < -0.3 is 5.32 Å². The van der Waals surface area contributed by atoms with Gasteiger partial charge in [0.25, 0.3) is 0 Å². The molecule has 2 aromatic carbocycles. The maximum absolute atomic E-state index is 11.9. The molecule has 2 aromatic rings. The molecule has 0 aliphatic heterocycles. The molecule has 0 radical (unpaired) electrons. The van der Waals surface area contributed by atoms with Crippen LogP contribution in [0.15, 0.2) is 53.4 Å². The molecule has 0 heterocycles. The summed E-state index contributed by atoms with van der Waals surface area (Å²) in [6, 6.07) is 16.1. The van der Waals surface area contributed by atoms with E-state index in [9.17, 15) is 8.42 Å². The summed E-state index contributed by atoms with van der Waals surface area (Å²) in [7, 11) is -1.95. The zero-order chi connectivity index (χ0) is 16.3. The molecule has 3 rings (SSSR count). The van der Waals surface area contributed by atoms with Crippen molar-refractivity contribution in [3.05, 3.63) is 65.2 Å². The van der Waals surface area contributed by atoms with E-state index in [0.29, 0.717) is 17.5 Å². The topological polar surface area (TPSA) is 58.2 Å². The van der Waals surface area contributed by atoms with Crippen LogP contribution in [0.25, 0.3) is 0 Å². The van der Waals surface area contributed by atoms with Gasteiger partial charge in [-0.05, 0) is 55.1 Å². The fourth-order valence-electron chi connectivity index (χ4n) is 3.07. The van der Waals surface area contributed by atoms with Crippen LogP contribution in [-0.2, 0) is 29.4 Å². The number of nitrogens with one attached hydrogen (secondary N) is 2. The zero-order valence-corrected chi connectivity index (χ0v) is 14.1. The van der Waals surface area contributed by atoms with Crippen LogP contribution in [0.1, 0.15) is 23.1 Å². The van der Waals surface area contributed by atoms with Gasteiger partial charge in [0, 0.05) is 12.6 Å². The number of hydrogen-bond donors (Lipinski definition) is 2. The average molecular weight is 330 g/mol. The van der Waals surface area contributed by atoms with E-state index in [0.717, 1.165) is 24.8 Å².